The van der Waals surface area contributed by atoms with Crippen LogP contribution in [-0.4, -0.2) is 16.2 Å². The number of aromatic amines is 1. The number of H-pyrrole nitrogens is 1. The zero-order valence-corrected chi connectivity index (χ0v) is 12.1. The summed E-state index contributed by atoms with van der Waals surface area (Å²) in [5.41, 5.74) is 3.49. The lowest BCUT2D eigenvalue weighted by Gasteiger charge is -2.32. The van der Waals surface area contributed by atoms with Crippen molar-refractivity contribution >= 4 is 5.69 Å². The summed E-state index contributed by atoms with van der Waals surface area (Å²) in [4.78, 5) is 0. The predicted molar refractivity (Wildman–Crippen MR) is 83.7 cm³/mol. The van der Waals surface area contributed by atoms with Gasteiger partial charge >= 0.3 is 0 Å². The Labute approximate surface area is 120 Å². The third-order valence-electron chi connectivity index (χ3n) is 4.48. The van der Waals surface area contributed by atoms with Gasteiger partial charge in [-0.15, -0.1) is 0 Å². The molecule has 0 radical (unpaired) electrons. The lowest BCUT2D eigenvalue weighted by atomic mass is 9.83. The van der Waals surface area contributed by atoms with E-state index in [1.807, 2.05) is 6.07 Å². The molecule has 0 aliphatic heterocycles. The molecule has 1 aliphatic rings. The summed E-state index contributed by atoms with van der Waals surface area (Å²) in [7, 11) is 0. The highest BCUT2D eigenvalue weighted by atomic mass is 15.1. The molecule has 1 aromatic carbocycles. The molecule has 0 bridgehead atoms. The number of hydrogen-bond donors (Lipinski definition) is 2. The van der Waals surface area contributed by atoms with Crippen LogP contribution in [0.2, 0.25) is 0 Å². The van der Waals surface area contributed by atoms with Gasteiger partial charge in [0.05, 0.1) is 5.69 Å². The summed E-state index contributed by atoms with van der Waals surface area (Å²) in [5, 5.41) is 10.7. The molecular formula is C17H23N3. The van der Waals surface area contributed by atoms with Gasteiger partial charge in [-0.2, -0.15) is 5.10 Å². The minimum absolute atomic E-state index is 0.645. The quantitative estimate of drug-likeness (QED) is 0.860. The number of benzene rings is 1. The molecule has 0 amide bonds. The Morgan fingerprint density at radius 3 is 2.65 bits per heavy atom. The third kappa shape index (κ3) is 2.87. The first kappa shape index (κ1) is 13.2. The zero-order chi connectivity index (χ0) is 13.8. The van der Waals surface area contributed by atoms with E-state index in [2.05, 4.69) is 46.7 Å². The maximum absolute atomic E-state index is 3.99. The molecular weight excluding hydrogens is 246 g/mol. The lowest BCUT2D eigenvalue weighted by Crippen LogP contribution is -2.31. The van der Waals surface area contributed by atoms with E-state index in [4.69, 9.17) is 0 Å². The molecule has 1 saturated carbocycles. The van der Waals surface area contributed by atoms with Crippen LogP contribution >= 0.6 is 0 Å². The zero-order valence-electron chi connectivity index (χ0n) is 12.1. The van der Waals surface area contributed by atoms with Crippen LogP contribution in [0.5, 0.6) is 0 Å². The number of aromatic nitrogens is 2. The van der Waals surface area contributed by atoms with E-state index >= 15 is 0 Å². The van der Waals surface area contributed by atoms with Crippen LogP contribution in [0.1, 0.15) is 39.0 Å². The van der Waals surface area contributed by atoms with Gasteiger partial charge in [0.1, 0.15) is 0 Å². The van der Waals surface area contributed by atoms with Crippen molar-refractivity contribution in [1.29, 1.82) is 0 Å². The Morgan fingerprint density at radius 2 is 1.95 bits per heavy atom. The summed E-state index contributed by atoms with van der Waals surface area (Å²) >= 11 is 0. The average molecular weight is 269 g/mol. The van der Waals surface area contributed by atoms with Crippen LogP contribution in [0.15, 0.2) is 36.5 Å². The van der Waals surface area contributed by atoms with Gasteiger partial charge in [-0.05, 0) is 42.5 Å². The smallest absolute Gasteiger partial charge is 0.0650 e. The predicted octanol–water partition coefficient (Wildman–Crippen LogP) is 4.46. The van der Waals surface area contributed by atoms with E-state index in [0.29, 0.717) is 6.04 Å². The molecule has 2 unspecified atom stereocenters. The minimum Gasteiger partial charge on any atom is -0.382 e. The van der Waals surface area contributed by atoms with Crippen molar-refractivity contribution < 1.29 is 0 Å². The summed E-state index contributed by atoms with van der Waals surface area (Å²) in [6.45, 7) is 2.31. The van der Waals surface area contributed by atoms with E-state index in [9.17, 15) is 0 Å². The van der Waals surface area contributed by atoms with Gasteiger partial charge in [0.25, 0.3) is 0 Å². The molecule has 1 heterocycles. The molecule has 3 nitrogen and oxygen atoms in total. The standard InChI is InChI=1S/C17H23N3/c1-2-13-5-3-4-6-16(13)19-15-9-7-14(8-10-15)17-11-12-18-20-17/h7-13,16,19H,2-6H2,1H3,(H,18,20). The number of nitrogens with zero attached hydrogens (tertiary/aromatic N) is 1. The summed E-state index contributed by atoms with van der Waals surface area (Å²) in [6, 6.07) is 11.3. The second-order valence-corrected chi connectivity index (χ2v) is 5.75. The molecule has 2 atom stereocenters. The van der Waals surface area contributed by atoms with Crippen molar-refractivity contribution in [2.75, 3.05) is 5.32 Å². The second-order valence-electron chi connectivity index (χ2n) is 5.75. The Balaban J connectivity index is 1.68. The van der Waals surface area contributed by atoms with Crippen molar-refractivity contribution in [3.05, 3.63) is 36.5 Å². The Morgan fingerprint density at radius 1 is 1.15 bits per heavy atom. The van der Waals surface area contributed by atoms with E-state index in [1.165, 1.54) is 43.4 Å². The monoisotopic (exact) mass is 269 g/mol. The molecule has 1 aliphatic carbocycles. The topological polar surface area (TPSA) is 40.7 Å². The molecule has 1 fully saturated rings. The third-order valence-corrected chi connectivity index (χ3v) is 4.48. The summed E-state index contributed by atoms with van der Waals surface area (Å²) in [6.07, 6.45) is 8.51. The first-order valence-electron chi connectivity index (χ1n) is 7.73. The SMILES string of the molecule is CCC1CCCCC1Nc1ccc(-c2ccn[nH]2)cc1. The highest BCUT2D eigenvalue weighted by molar-refractivity contribution is 5.62. The first-order chi connectivity index (χ1) is 9.86. The fourth-order valence-electron chi connectivity index (χ4n) is 3.26. The van der Waals surface area contributed by atoms with Gasteiger partial charge < -0.3 is 5.32 Å². The van der Waals surface area contributed by atoms with E-state index in [-0.39, 0.29) is 0 Å². The fraction of sp³-hybridized carbons (Fsp3) is 0.471. The van der Waals surface area contributed by atoms with Gasteiger partial charge in [0.2, 0.25) is 0 Å². The van der Waals surface area contributed by atoms with Crippen molar-refractivity contribution in [2.24, 2.45) is 5.92 Å². The van der Waals surface area contributed by atoms with Gasteiger partial charge in [-0.1, -0.05) is 38.3 Å². The van der Waals surface area contributed by atoms with Gasteiger partial charge in [0, 0.05) is 17.9 Å². The highest BCUT2D eigenvalue weighted by Crippen LogP contribution is 2.29. The van der Waals surface area contributed by atoms with E-state index in [0.717, 1.165) is 11.6 Å². The van der Waals surface area contributed by atoms with Crippen LogP contribution in [-0.2, 0) is 0 Å². The number of nitrogens with one attached hydrogen (secondary N) is 2. The normalized spacial score (nSPS) is 22.6. The molecule has 3 rings (SSSR count). The Bertz CT molecular complexity index is 516. The van der Waals surface area contributed by atoms with Crippen LogP contribution in [0.4, 0.5) is 5.69 Å². The van der Waals surface area contributed by atoms with E-state index < -0.39 is 0 Å². The van der Waals surface area contributed by atoms with E-state index in [1.54, 1.807) is 6.20 Å². The van der Waals surface area contributed by atoms with Gasteiger partial charge in [-0.3, -0.25) is 5.10 Å². The number of hydrogen-bond acceptors (Lipinski definition) is 2. The van der Waals surface area contributed by atoms with Crippen molar-refractivity contribution in [3.63, 3.8) is 0 Å². The lowest BCUT2D eigenvalue weighted by molar-refractivity contribution is 0.317. The molecule has 1 aromatic heterocycles. The first-order valence-corrected chi connectivity index (χ1v) is 7.73. The average Bonchev–Trinajstić information content (AvgIpc) is 3.03. The van der Waals surface area contributed by atoms with Crippen molar-refractivity contribution in [2.45, 2.75) is 45.1 Å². The molecule has 0 saturated heterocycles. The maximum atomic E-state index is 3.99. The summed E-state index contributed by atoms with van der Waals surface area (Å²) < 4.78 is 0. The Kier molecular flexibility index (Phi) is 4.05. The molecule has 3 heteroatoms. The largest absolute Gasteiger partial charge is 0.382 e. The van der Waals surface area contributed by atoms with Crippen molar-refractivity contribution in [3.8, 4) is 11.3 Å². The molecule has 2 aromatic rings. The van der Waals surface area contributed by atoms with Gasteiger partial charge in [0.15, 0.2) is 0 Å². The van der Waals surface area contributed by atoms with Crippen LogP contribution in [0.3, 0.4) is 0 Å². The minimum atomic E-state index is 0.645. The highest BCUT2D eigenvalue weighted by Gasteiger charge is 2.23. The molecule has 0 spiro atoms. The number of anilines is 1. The number of rotatable bonds is 4. The molecule has 106 valence electrons. The second kappa shape index (κ2) is 6.12. The fourth-order valence-corrected chi connectivity index (χ4v) is 3.26. The molecule has 20 heavy (non-hydrogen) atoms. The van der Waals surface area contributed by atoms with Crippen LogP contribution in [0, 0.1) is 5.92 Å². The van der Waals surface area contributed by atoms with Crippen LogP contribution < -0.4 is 5.32 Å². The summed E-state index contributed by atoms with van der Waals surface area (Å²) in [5.74, 6) is 0.830. The Hall–Kier alpha value is -1.77. The maximum Gasteiger partial charge on any atom is 0.0650 e. The van der Waals surface area contributed by atoms with Gasteiger partial charge in [-0.25, -0.2) is 0 Å². The van der Waals surface area contributed by atoms with Crippen LogP contribution in [0.25, 0.3) is 11.3 Å². The molecule has 2 N–H and O–H groups in total. The van der Waals surface area contributed by atoms with Crippen molar-refractivity contribution in [1.82, 2.24) is 10.2 Å².